The number of benzene rings is 1. The van der Waals surface area contributed by atoms with Crippen molar-refractivity contribution in [2.24, 2.45) is 0 Å². The normalized spacial score (nSPS) is 15.1. The monoisotopic (exact) mass is 202 g/mol. The van der Waals surface area contributed by atoms with E-state index in [1.165, 1.54) is 16.8 Å². The standard InChI is InChI=1S/C13H18N2/c1-4-14-7-8-15(10-14)13-6-5-11(2)9-12(13)3/h5-9H,4,10H2,1-3H3. The molecule has 0 aromatic heterocycles. The van der Waals surface area contributed by atoms with Gasteiger partial charge in [-0.15, -0.1) is 0 Å². The minimum Gasteiger partial charge on any atom is -0.359 e. The molecule has 1 heterocycles. The Morgan fingerprint density at radius 3 is 2.60 bits per heavy atom. The van der Waals surface area contributed by atoms with Crippen molar-refractivity contribution >= 4 is 5.69 Å². The lowest BCUT2D eigenvalue weighted by Crippen LogP contribution is -2.25. The predicted octanol–water partition coefficient (Wildman–Crippen LogP) is 2.87. The van der Waals surface area contributed by atoms with Gasteiger partial charge in [-0.2, -0.15) is 0 Å². The fourth-order valence-electron chi connectivity index (χ4n) is 1.95. The first-order valence-electron chi connectivity index (χ1n) is 5.47. The zero-order valence-electron chi connectivity index (χ0n) is 9.70. The van der Waals surface area contributed by atoms with Crippen LogP contribution in [0.25, 0.3) is 0 Å². The zero-order chi connectivity index (χ0) is 10.8. The molecule has 0 bridgehead atoms. The minimum absolute atomic E-state index is 0.973. The van der Waals surface area contributed by atoms with Crippen LogP contribution in [-0.4, -0.2) is 18.1 Å². The molecule has 0 N–H and O–H groups in total. The molecular weight excluding hydrogens is 184 g/mol. The summed E-state index contributed by atoms with van der Waals surface area (Å²) in [7, 11) is 0. The third-order valence-electron chi connectivity index (χ3n) is 2.86. The van der Waals surface area contributed by atoms with Crippen molar-refractivity contribution in [3.05, 3.63) is 41.7 Å². The summed E-state index contributed by atoms with van der Waals surface area (Å²) < 4.78 is 0. The first kappa shape index (κ1) is 10.1. The SMILES string of the molecule is CCN1C=CN(c2ccc(C)cc2C)C1. The summed E-state index contributed by atoms with van der Waals surface area (Å²) in [6.45, 7) is 8.52. The van der Waals surface area contributed by atoms with Crippen molar-refractivity contribution in [2.75, 3.05) is 18.1 Å². The van der Waals surface area contributed by atoms with Crippen LogP contribution in [0, 0.1) is 13.8 Å². The van der Waals surface area contributed by atoms with Crippen LogP contribution >= 0.6 is 0 Å². The largest absolute Gasteiger partial charge is 0.359 e. The van der Waals surface area contributed by atoms with E-state index in [1.807, 2.05) is 0 Å². The van der Waals surface area contributed by atoms with Gasteiger partial charge in [0, 0.05) is 24.6 Å². The second-order valence-electron chi connectivity index (χ2n) is 4.10. The van der Waals surface area contributed by atoms with Gasteiger partial charge < -0.3 is 9.80 Å². The summed E-state index contributed by atoms with van der Waals surface area (Å²) in [5.74, 6) is 0. The lowest BCUT2D eigenvalue weighted by Gasteiger charge is -2.21. The molecule has 2 heteroatoms. The van der Waals surface area contributed by atoms with Gasteiger partial charge >= 0.3 is 0 Å². The van der Waals surface area contributed by atoms with Crippen molar-refractivity contribution in [2.45, 2.75) is 20.8 Å². The Bertz CT molecular complexity index is 382. The van der Waals surface area contributed by atoms with Gasteiger partial charge in [-0.3, -0.25) is 0 Å². The van der Waals surface area contributed by atoms with Crippen LogP contribution in [0.15, 0.2) is 30.6 Å². The van der Waals surface area contributed by atoms with Crippen LogP contribution in [-0.2, 0) is 0 Å². The maximum atomic E-state index is 2.29. The number of hydrogen-bond donors (Lipinski definition) is 0. The smallest absolute Gasteiger partial charge is 0.0941 e. The fraction of sp³-hybridized carbons (Fsp3) is 0.385. The van der Waals surface area contributed by atoms with Gasteiger partial charge in [0.2, 0.25) is 0 Å². The van der Waals surface area contributed by atoms with Crippen LogP contribution in [0.2, 0.25) is 0 Å². The molecular formula is C13H18N2. The first-order chi connectivity index (χ1) is 7.20. The predicted molar refractivity (Wildman–Crippen MR) is 64.8 cm³/mol. The van der Waals surface area contributed by atoms with Crippen molar-refractivity contribution in [3.63, 3.8) is 0 Å². The van der Waals surface area contributed by atoms with E-state index >= 15 is 0 Å². The molecule has 1 aromatic rings. The summed E-state index contributed by atoms with van der Waals surface area (Å²) in [4.78, 5) is 4.58. The van der Waals surface area contributed by atoms with Gasteiger partial charge in [0.05, 0.1) is 6.67 Å². The Morgan fingerprint density at radius 2 is 2.00 bits per heavy atom. The molecule has 0 fully saturated rings. The maximum Gasteiger partial charge on any atom is 0.0941 e. The molecule has 0 saturated heterocycles. The van der Waals surface area contributed by atoms with Gasteiger partial charge in [-0.25, -0.2) is 0 Å². The van der Waals surface area contributed by atoms with Crippen LogP contribution in [0.1, 0.15) is 18.1 Å². The second-order valence-corrected chi connectivity index (χ2v) is 4.10. The topological polar surface area (TPSA) is 6.48 Å². The highest BCUT2D eigenvalue weighted by Crippen LogP contribution is 2.24. The molecule has 0 spiro atoms. The van der Waals surface area contributed by atoms with Gasteiger partial charge in [0.1, 0.15) is 0 Å². The Hall–Kier alpha value is -1.44. The molecule has 1 aliphatic heterocycles. The van der Waals surface area contributed by atoms with Crippen LogP contribution in [0.3, 0.4) is 0 Å². The summed E-state index contributed by atoms with van der Waals surface area (Å²) in [6, 6.07) is 6.61. The molecule has 15 heavy (non-hydrogen) atoms. The number of aryl methyl sites for hydroxylation is 2. The summed E-state index contributed by atoms with van der Waals surface area (Å²) in [6.07, 6.45) is 4.31. The molecule has 1 aliphatic rings. The minimum atomic E-state index is 0.973. The molecule has 0 aliphatic carbocycles. The van der Waals surface area contributed by atoms with E-state index in [9.17, 15) is 0 Å². The molecule has 0 atom stereocenters. The number of nitrogens with zero attached hydrogens (tertiary/aromatic N) is 2. The van der Waals surface area contributed by atoms with Crippen LogP contribution in [0.4, 0.5) is 5.69 Å². The molecule has 2 nitrogen and oxygen atoms in total. The van der Waals surface area contributed by atoms with Gasteiger partial charge in [-0.05, 0) is 32.4 Å². The molecule has 1 aromatic carbocycles. The molecule has 2 rings (SSSR count). The van der Waals surface area contributed by atoms with E-state index in [4.69, 9.17) is 0 Å². The van der Waals surface area contributed by atoms with E-state index in [0.717, 1.165) is 13.2 Å². The average Bonchev–Trinajstić information content (AvgIpc) is 2.66. The average molecular weight is 202 g/mol. The molecule has 80 valence electrons. The summed E-state index contributed by atoms with van der Waals surface area (Å²) in [5.41, 5.74) is 3.98. The number of rotatable bonds is 2. The van der Waals surface area contributed by atoms with Crippen LogP contribution in [0.5, 0.6) is 0 Å². The van der Waals surface area contributed by atoms with E-state index in [1.54, 1.807) is 0 Å². The highest BCUT2D eigenvalue weighted by Gasteiger charge is 2.13. The molecule has 0 amide bonds. The Balaban J connectivity index is 2.21. The summed E-state index contributed by atoms with van der Waals surface area (Å²) >= 11 is 0. The van der Waals surface area contributed by atoms with Crippen molar-refractivity contribution < 1.29 is 0 Å². The van der Waals surface area contributed by atoms with Crippen molar-refractivity contribution in [1.29, 1.82) is 0 Å². The lowest BCUT2D eigenvalue weighted by molar-refractivity contribution is 0.429. The Labute approximate surface area is 91.8 Å². The highest BCUT2D eigenvalue weighted by atomic mass is 15.3. The van der Waals surface area contributed by atoms with Crippen molar-refractivity contribution in [3.8, 4) is 0 Å². The molecule has 0 unspecified atom stereocenters. The fourth-order valence-corrected chi connectivity index (χ4v) is 1.95. The molecule has 0 radical (unpaired) electrons. The Morgan fingerprint density at radius 1 is 1.20 bits per heavy atom. The quantitative estimate of drug-likeness (QED) is 0.727. The highest BCUT2D eigenvalue weighted by molar-refractivity contribution is 5.57. The van der Waals surface area contributed by atoms with Gasteiger partial charge in [-0.1, -0.05) is 17.7 Å². The number of anilines is 1. The van der Waals surface area contributed by atoms with E-state index in [-0.39, 0.29) is 0 Å². The third-order valence-corrected chi connectivity index (χ3v) is 2.86. The zero-order valence-corrected chi connectivity index (χ0v) is 9.70. The van der Waals surface area contributed by atoms with Gasteiger partial charge in [0.15, 0.2) is 0 Å². The maximum absolute atomic E-state index is 2.29. The Kier molecular flexibility index (Phi) is 2.67. The van der Waals surface area contributed by atoms with Crippen LogP contribution < -0.4 is 4.90 Å². The van der Waals surface area contributed by atoms with Gasteiger partial charge in [0.25, 0.3) is 0 Å². The summed E-state index contributed by atoms with van der Waals surface area (Å²) in [5, 5.41) is 0. The lowest BCUT2D eigenvalue weighted by atomic mass is 10.1. The van der Waals surface area contributed by atoms with E-state index in [2.05, 4.69) is 61.2 Å². The first-order valence-corrected chi connectivity index (χ1v) is 5.47. The van der Waals surface area contributed by atoms with Crippen molar-refractivity contribution in [1.82, 2.24) is 4.90 Å². The second kappa shape index (κ2) is 3.97. The van der Waals surface area contributed by atoms with E-state index in [0.29, 0.717) is 0 Å². The van der Waals surface area contributed by atoms with E-state index < -0.39 is 0 Å². The molecule has 0 saturated carbocycles. The number of hydrogen-bond acceptors (Lipinski definition) is 2. The third kappa shape index (κ3) is 1.99.